The molecule has 0 saturated carbocycles. The summed E-state index contributed by atoms with van der Waals surface area (Å²) in [4.78, 5) is 36.7. The minimum atomic E-state index is -0.370. The Hall–Kier alpha value is -2.57. The Balaban J connectivity index is 2.74. The molecule has 0 aliphatic carbocycles. The largest absolute Gasteiger partial charge is 0.491 e. The highest BCUT2D eigenvalue weighted by Gasteiger charge is 2.17. The fourth-order valence-electron chi connectivity index (χ4n) is 2.31. The maximum Gasteiger partial charge on any atom is 0.307 e. The molecule has 0 unspecified atom stereocenters. The molecule has 0 atom stereocenters. The van der Waals surface area contributed by atoms with Gasteiger partial charge < -0.3 is 19.7 Å². The van der Waals surface area contributed by atoms with Crippen molar-refractivity contribution in [3.05, 3.63) is 29.8 Å². The monoisotopic (exact) mass is 364 g/mol. The Morgan fingerprint density at radius 1 is 1.12 bits per heavy atom. The van der Waals surface area contributed by atoms with E-state index >= 15 is 0 Å². The molecular weight excluding hydrogens is 336 g/mol. The molecule has 0 heterocycles. The highest BCUT2D eigenvalue weighted by Crippen LogP contribution is 2.15. The van der Waals surface area contributed by atoms with Gasteiger partial charge in [0.05, 0.1) is 19.6 Å². The van der Waals surface area contributed by atoms with Gasteiger partial charge in [0.15, 0.2) is 0 Å². The number of hydrogen-bond acceptors (Lipinski definition) is 5. The van der Waals surface area contributed by atoms with Gasteiger partial charge in [0.1, 0.15) is 5.75 Å². The van der Waals surface area contributed by atoms with Gasteiger partial charge in [0, 0.05) is 32.1 Å². The van der Waals surface area contributed by atoms with E-state index in [4.69, 9.17) is 4.74 Å². The van der Waals surface area contributed by atoms with Crippen LogP contribution < -0.4 is 10.1 Å². The SMILES string of the molecule is COC(=O)CCN(CCCNC(C)=O)C(=O)c1ccc(OC(C)C)cc1. The Morgan fingerprint density at radius 2 is 1.77 bits per heavy atom. The predicted octanol–water partition coefficient (Wildman–Crippen LogP) is 2.01. The lowest BCUT2D eigenvalue weighted by molar-refractivity contribution is -0.140. The Morgan fingerprint density at radius 3 is 2.31 bits per heavy atom. The highest BCUT2D eigenvalue weighted by molar-refractivity contribution is 5.94. The molecule has 1 aromatic rings. The van der Waals surface area contributed by atoms with Crippen LogP contribution in [0.3, 0.4) is 0 Å². The second-order valence-corrected chi connectivity index (χ2v) is 6.15. The van der Waals surface area contributed by atoms with Crippen LogP contribution in [-0.2, 0) is 14.3 Å². The summed E-state index contributed by atoms with van der Waals surface area (Å²) in [6.45, 7) is 6.47. The zero-order valence-electron chi connectivity index (χ0n) is 15.9. The number of nitrogens with zero attached hydrogens (tertiary/aromatic N) is 1. The predicted molar refractivity (Wildman–Crippen MR) is 98.0 cm³/mol. The van der Waals surface area contributed by atoms with Gasteiger partial charge in [0.2, 0.25) is 5.91 Å². The molecular formula is C19H28N2O5. The summed E-state index contributed by atoms with van der Waals surface area (Å²) in [5.74, 6) is 0.0414. The number of carbonyl (C=O) groups is 3. The lowest BCUT2D eigenvalue weighted by Gasteiger charge is -2.22. The van der Waals surface area contributed by atoms with Crippen LogP contribution in [0.1, 0.15) is 44.0 Å². The molecule has 0 saturated heterocycles. The number of ether oxygens (including phenoxy) is 2. The molecule has 1 rings (SSSR count). The van der Waals surface area contributed by atoms with Crippen LogP contribution in [0.25, 0.3) is 0 Å². The number of benzene rings is 1. The molecule has 2 amide bonds. The van der Waals surface area contributed by atoms with Gasteiger partial charge in [-0.25, -0.2) is 0 Å². The van der Waals surface area contributed by atoms with Crippen molar-refractivity contribution in [2.24, 2.45) is 0 Å². The lowest BCUT2D eigenvalue weighted by Crippen LogP contribution is -2.35. The zero-order valence-corrected chi connectivity index (χ0v) is 15.9. The van der Waals surface area contributed by atoms with Crippen molar-refractivity contribution in [3.63, 3.8) is 0 Å². The van der Waals surface area contributed by atoms with Gasteiger partial charge in [-0.15, -0.1) is 0 Å². The van der Waals surface area contributed by atoms with Crippen LogP contribution in [0, 0.1) is 0 Å². The van der Waals surface area contributed by atoms with Crippen molar-refractivity contribution in [2.45, 2.75) is 39.7 Å². The first kappa shape index (κ1) is 21.5. The van der Waals surface area contributed by atoms with E-state index in [9.17, 15) is 14.4 Å². The third-order valence-electron chi connectivity index (χ3n) is 3.55. The number of methoxy groups -OCH3 is 1. The molecule has 144 valence electrons. The van der Waals surface area contributed by atoms with Crippen LogP contribution in [0.2, 0.25) is 0 Å². The summed E-state index contributed by atoms with van der Waals surface area (Å²) >= 11 is 0. The quantitative estimate of drug-likeness (QED) is 0.507. The van der Waals surface area contributed by atoms with Gasteiger partial charge >= 0.3 is 5.97 Å². The number of nitrogens with one attached hydrogen (secondary N) is 1. The molecule has 7 nitrogen and oxygen atoms in total. The smallest absolute Gasteiger partial charge is 0.307 e. The lowest BCUT2D eigenvalue weighted by atomic mass is 10.1. The van der Waals surface area contributed by atoms with Crippen LogP contribution in [0.5, 0.6) is 5.75 Å². The van der Waals surface area contributed by atoms with E-state index in [1.54, 1.807) is 29.2 Å². The Labute approximate surface area is 154 Å². The summed E-state index contributed by atoms with van der Waals surface area (Å²) in [5.41, 5.74) is 0.519. The highest BCUT2D eigenvalue weighted by atomic mass is 16.5. The molecule has 0 aromatic heterocycles. The second-order valence-electron chi connectivity index (χ2n) is 6.15. The minimum absolute atomic E-state index is 0.0573. The van der Waals surface area contributed by atoms with Gasteiger partial charge in [-0.3, -0.25) is 14.4 Å². The number of hydrogen-bond donors (Lipinski definition) is 1. The summed E-state index contributed by atoms with van der Waals surface area (Å²) in [5, 5.41) is 2.70. The second kappa shape index (κ2) is 11.1. The van der Waals surface area contributed by atoms with Crippen molar-refractivity contribution in [3.8, 4) is 5.75 Å². The Kier molecular flexibility index (Phi) is 9.19. The van der Waals surface area contributed by atoms with E-state index in [1.165, 1.54) is 14.0 Å². The van der Waals surface area contributed by atoms with E-state index in [0.717, 1.165) is 0 Å². The van der Waals surface area contributed by atoms with Gasteiger partial charge in [-0.2, -0.15) is 0 Å². The van der Waals surface area contributed by atoms with Gasteiger partial charge in [-0.05, 0) is 44.5 Å². The van der Waals surface area contributed by atoms with Gasteiger partial charge in [0.25, 0.3) is 5.91 Å². The van der Waals surface area contributed by atoms with Crippen LogP contribution in [0.4, 0.5) is 0 Å². The summed E-state index contributed by atoms with van der Waals surface area (Å²) < 4.78 is 10.2. The molecule has 1 aromatic carbocycles. The summed E-state index contributed by atoms with van der Waals surface area (Å²) in [6, 6.07) is 6.92. The molecule has 0 bridgehead atoms. The zero-order chi connectivity index (χ0) is 19.5. The van der Waals surface area contributed by atoms with E-state index in [-0.39, 0.29) is 36.9 Å². The first-order chi connectivity index (χ1) is 12.3. The maximum atomic E-state index is 12.8. The van der Waals surface area contributed by atoms with Crippen LogP contribution >= 0.6 is 0 Å². The first-order valence-electron chi connectivity index (χ1n) is 8.70. The van der Waals surface area contributed by atoms with E-state index in [0.29, 0.717) is 30.8 Å². The molecule has 0 radical (unpaired) electrons. The fraction of sp³-hybridized carbons (Fsp3) is 0.526. The fourth-order valence-corrected chi connectivity index (χ4v) is 2.31. The average Bonchev–Trinajstić information content (AvgIpc) is 2.60. The third-order valence-corrected chi connectivity index (χ3v) is 3.55. The molecule has 0 aliphatic heterocycles. The topological polar surface area (TPSA) is 84.9 Å². The minimum Gasteiger partial charge on any atom is -0.491 e. The number of amides is 2. The normalized spacial score (nSPS) is 10.3. The Bertz CT molecular complexity index is 598. The standard InChI is InChI=1S/C19H28N2O5/c1-14(2)26-17-8-6-16(7-9-17)19(24)21(13-10-18(23)25-4)12-5-11-20-15(3)22/h6-9,14H,5,10-13H2,1-4H3,(H,20,22). The number of carbonyl (C=O) groups excluding carboxylic acids is 3. The average molecular weight is 364 g/mol. The number of esters is 1. The molecule has 0 spiro atoms. The molecule has 26 heavy (non-hydrogen) atoms. The third kappa shape index (κ3) is 8.00. The van der Waals surface area contributed by atoms with E-state index < -0.39 is 0 Å². The maximum absolute atomic E-state index is 12.8. The molecule has 0 aliphatic rings. The van der Waals surface area contributed by atoms with Crippen molar-refractivity contribution in [2.75, 3.05) is 26.7 Å². The molecule has 7 heteroatoms. The van der Waals surface area contributed by atoms with E-state index in [2.05, 4.69) is 10.1 Å². The van der Waals surface area contributed by atoms with Crippen molar-refractivity contribution < 1.29 is 23.9 Å². The van der Waals surface area contributed by atoms with Crippen molar-refractivity contribution in [1.82, 2.24) is 10.2 Å². The molecule has 0 fully saturated rings. The first-order valence-corrected chi connectivity index (χ1v) is 8.70. The van der Waals surface area contributed by atoms with Crippen molar-refractivity contribution in [1.29, 1.82) is 0 Å². The number of rotatable bonds is 10. The van der Waals surface area contributed by atoms with Crippen LogP contribution in [-0.4, -0.2) is 55.5 Å². The van der Waals surface area contributed by atoms with Gasteiger partial charge in [-0.1, -0.05) is 0 Å². The summed E-state index contributed by atoms with van der Waals surface area (Å²) in [6.07, 6.45) is 0.777. The van der Waals surface area contributed by atoms with Crippen molar-refractivity contribution >= 4 is 17.8 Å². The van der Waals surface area contributed by atoms with E-state index in [1.807, 2.05) is 13.8 Å². The summed E-state index contributed by atoms with van der Waals surface area (Å²) in [7, 11) is 1.32. The molecule has 1 N–H and O–H groups in total. The van der Waals surface area contributed by atoms with Crippen LogP contribution in [0.15, 0.2) is 24.3 Å².